The summed E-state index contributed by atoms with van der Waals surface area (Å²) in [7, 11) is -3.51. The monoisotopic (exact) mass is 426 g/mol. The lowest BCUT2D eigenvalue weighted by molar-refractivity contribution is 0.0951. The maximum atomic E-state index is 13.0. The molecular weight excluding hydrogens is 403 g/mol. The van der Waals surface area contributed by atoms with Crippen molar-refractivity contribution in [3.63, 3.8) is 0 Å². The number of sulfonamides is 1. The minimum atomic E-state index is -3.51. The van der Waals surface area contributed by atoms with Crippen LogP contribution >= 0.6 is 0 Å². The molecule has 0 unspecified atom stereocenters. The Bertz CT molecular complexity index is 1110. The number of halogens is 1. The number of amides is 1. The topological polar surface area (TPSA) is 66.5 Å². The van der Waals surface area contributed by atoms with Gasteiger partial charge < -0.3 is 5.32 Å². The van der Waals surface area contributed by atoms with Crippen molar-refractivity contribution in [1.82, 2.24) is 5.32 Å². The van der Waals surface area contributed by atoms with E-state index in [4.69, 9.17) is 0 Å². The highest BCUT2D eigenvalue weighted by Gasteiger charge is 2.18. The normalized spacial score (nSPS) is 11.2. The number of nitrogens with zero attached hydrogens (tertiary/aromatic N) is 1. The molecule has 3 aromatic carbocycles. The van der Waals surface area contributed by atoms with E-state index in [0.717, 1.165) is 22.9 Å². The Morgan fingerprint density at radius 1 is 0.900 bits per heavy atom. The molecule has 0 atom stereocenters. The van der Waals surface area contributed by atoms with E-state index in [1.54, 1.807) is 36.4 Å². The molecule has 0 spiro atoms. The fourth-order valence-corrected chi connectivity index (χ4v) is 3.81. The number of carbonyl (C=O) groups excluding carboxylic acids is 1. The van der Waals surface area contributed by atoms with Crippen LogP contribution < -0.4 is 9.62 Å². The Hall–Kier alpha value is -3.19. The highest BCUT2D eigenvalue weighted by atomic mass is 32.2. The number of hydrogen-bond acceptors (Lipinski definition) is 3. The molecule has 0 saturated heterocycles. The third-order valence-corrected chi connectivity index (χ3v) is 5.77. The molecular formula is C23H23FN2O3S. The van der Waals surface area contributed by atoms with Gasteiger partial charge in [-0.1, -0.05) is 42.0 Å². The zero-order valence-electron chi connectivity index (χ0n) is 16.8. The van der Waals surface area contributed by atoms with Crippen LogP contribution in [0.3, 0.4) is 0 Å². The predicted octanol–water partition coefficient (Wildman–Crippen LogP) is 4.03. The van der Waals surface area contributed by atoms with Crippen molar-refractivity contribution in [1.29, 1.82) is 0 Å². The molecule has 3 rings (SSSR count). The molecule has 1 N–H and O–H groups in total. The first kappa shape index (κ1) is 21.5. The second-order valence-electron chi connectivity index (χ2n) is 7.11. The third-order valence-electron chi connectivity index (χ3n) is 4.63. The summed E-state index contributed by atoms with van der Waals surface area (Å²) in [6.45, 7) is 2.44. The lowest BCUT2D eigenvalue weighted by Crippen LogP contribution is -2.29. The van der Waals surface area contributed by atoms with Gasteiger partial charge in [0.2, 0.25) is 10.0 Å². The lowest BCUT2D eigenvalue weighted by Gasteiger charge is -2.23. The Morgan fingerprint density at radius 3 is 2.03 bits per heavy atom. The van der Waals surface area contributed by atoms with Crippen LogP contribution in [0.1, 0.15) is 27.0 Å². The maximum Gasteiger partial charge on any atom is 0.251 e. The van der Waals surface area contributed by atoms with Crippen LogP contribution in [0.2, 0.25) is 0 Å². The van der Waals surface area contributed by atoms with Gasteiger partial charge in [-0.05, 0) is 54.4 Å². The van der Waals surface area contributed by atoms with Gasteiger partial charge in [-0.15, -0.1) is 0 Å². The number of anilines is 1. The first-order valence-corrected chi connectivity index (χ1v) is 11.2. The van der Waals surface area contributed by atoms with E-state index >= 15 is 0 Å². The van der Waals surface area contributed by atoms with E-state index in [0.29, 0.717) is 11.3 Å². The van der Waals surface area contributed by atoms with Crippen molar-refractivity contribution in [3.05, 3.63) is 101 Å². The van der Waals surface area contributed by atoms with Crippen molar-refractivity contribution < 1.29 is 17.6 Å². The van der Waals surface area contributed by atoms with Gasteiger partial charge in [-0.3, -0.25) is 9.10 Å². The predicted molar refractivity (Wildman–Crippen MR) is 116 cm³/mol. The van der Waals surface area contributed by atoms with E-state index in [9.17, 15) is 17.6 Å². The summed E-state index contributed by atoms with van der Waals surface area (Å²) in [6.07, 6.45) is 1.16. The molecule has 0 aliphatic rings. The molecule has 3 aromatic rings. The summed E-state index contributed by atoms with van der Waals surface area (Å²) in [5.74, 6) is -0.628. The summed E-state index contributed by atoms with van der Waals surface area (Å²) >= 11 is 0. The van der Waals surface area contributed by atoms with Crippen LogP contribution in [0.4, 0.5) is 10.1 Å². The van der Waals surface area contributed by atoms with Gasteiger partial charge in [0, 0.05) is 12.1 Å². The standard InChI is InChI=1S/C23H23FN2O3S/c1-17-3-5-19(6-4-17)16-26(30(2,28)29)22-13-9-20(10-14-22)23(27)25-15-18-7-11-21(24)12-8-18/h3-14H,15-16H2,1-2H3,(H,25,27). The molecule has 0 heterocycles. The number of hydrogen-bond donors (Lipinski definition) is 1. The van der Waals surface area contributed by atoms with Gasteiger partial charge >= 0.3 is 0 Å². The summed E-state index contributed by atoms with van der Waals surface area (Å²) in [4.78, 5) is 12.4. The average molecular weight is 427 g/mol. The molecule has 0 saturated carbocycles. The van der Waals surface area contributed by atoms with E-state index in [-0.39, 0.29) is 24.8 Å². The van der Waals surface area contributed by atoms with E-state index < -0.39 is 10.0 Å². The summed E-state index contributed by atoms with van der Waals surface area (Å²) in [6, 6.07) is 19.9. The molecule has 1 amide bonds. The first-order chi connectivity index (χ1) is 14.2. The van der Waals surface area contributed by atoms with Gasteiger partial charge in [0.25, 0.3) is 5.91 Å². The van der Waals surface area contributed by atoms with Gasteiger partial charge in [0.15, 0.2) is 0 Å². The quantitative estimate of drug-likeness (QED) is 0.620. The molecule has 0 fully saturated rings. The van der Waals surface area contributed by atoms with Crippen molar-refractivity contribution in [2.45, 2.75) is 20.0 Å². The van der Waals surface area contributed by atoms with Gasteiger partial charge in [0.1, 0.15) is 5.82 Å². The number of benzene rings is 3. The molecule has 0 aliphatic heterocycles. The zero-order valence-corrected chi connectivity index (χ0v) is 17.6. The SMILES string of the molecule is Cc1ccc(CN(c2ccc(C(=O)NCc3ccc(F)cc3)cc2)S(C)(=O)=O)cc1. The van der Waals surface area contributed by atoms with Crippen molar-refractivity contribution >= 4 is 21.6 Å². The first-order valence-electron chi connectivity index (χ1n) is 9.38. The van der Waals surface area contributed by atoms with Gasteiger partial charge in [-0.25, -0.2) is 12.8 Å². The molecule has 5 nitrogen and oxygen atoms in total. The molecule has 156 valence electrons. The second kappa shape index (κ2) is 9.09. The molecule has 0 radical (unpaired) electrons. The smallest absolute Gasteiger partial charge is 0.251 e. The Balaban J connectivity index is 1.71. The minimum absolute atomic E-state index is 0.204. The highest BCUT2D eigenvalue weighted by molar-refractivity contribution is 7.92. The van der Waals surface area contributed by atoms with E-state index in [1.807, 2.05) is 31.2 Å². The molecule has 0 aromatic heterocycles. The lowest BCUT2D eigenvalue weighted by atomic mass is 10.1. The fourth-order valence-electron chi connectivity index (χ4n) is 2.93. The van der Waals surface area contributed by atoms with Crippen LogP contribution in [0.15, 0.2) is 72.8 Å². The van der Waals surface area contributed by atoms with Crippen LogP contribution in [-0.4, -0.2) is 20.6 Å². The van der Waals surface area contributed by atoms with Crippen LogP contribution in [0, 0.1) is 12.7 Å². The van der Waals surface area contributed by atoms with Gasteiger partial charge in [-0.2, -0.15) is 0 Å². The Morgan fingerprint density at radius 2 is 1.47 bits per heavy atom. The average Bonchev–Trinajstić information content (AvgIpc) is 2.72. The second-order valence-corrected chi connectivity index (χ2v) is 9.02. The molecule has 7 heteroatoms. The van der Waals surface area contributed by atoms with E-state index in [2.05, 4.69) is 5.32 Å². The van der Waals surface area contributed by atoms with Gasteiger partial charge in [0.05, 0.1) is 18.5 Å². The number of rotatable bonds is 7. The zero-order chi connectivity index (χ0) is 21.7. The maximum absolute atomic E-state index is 13.0. The highest BCUT2D eigenvalue weighted by Crippen LogP contribution is 2.21. The van der Waals surface area contributed by atoms with E-state index in [1.165, 1.54) is 16.4 Å². The summed E-state index contributed by atoms with van der Waals surface area (Å²) < 4.78 is 38.9. The molecule has 0 bridgehead atoms. The van der Waals surface area contributed by atoms with Crippen molar-refractivity contribution in [2.24, 2.45) is 0 Å². The Labute approximate surface area is 176 Å². The van der Waals surface area contributed by atoms with Crippen LogP contribution in [0.25, 0.3) is 0 Å². The number of carbonyl (C=O) groups is 1. The Kier molecular flexibility index (Phi) is 6.52. The third kappa shape index (κ3) is 5.67. The summed E-state index contributed by atoms with van der Waals surface area (Å²) in [5.41, 5.74) is 3.63. The molecule has 0 aliphatic carbocycles. The van der Waals surface area contributed by atoms with Crippen molar-refractivity contribution in [2.75, 3.05) is 10.6 Å². The fraction of sp³-hybridized carbons (Fsp3) is 0.174. The summed E-state index contributed by atoms with van der Waals surface area (Å²) in [5, 5.41) is 2.77. The minimum Gasteiger partial charge on any atom is -0.348 e. The largest absolute Gasteiger partial charge is 0.348 e. The molecule has 30 heavy (non-hydrogen) atoms. The van der Waals surface area contributed by atoms with Crippen LogP contribution in [-0.2, 0) is 23.1 Å². The number of nitrogens with one attached hydrogen (secondary N) is 1. The van der Waals surface area contributed by atoms with Crippen LogP contribution in [0.5, 0.6) is 0 Å². The number of aryl methyl sites for hydroxylation is 1. The van der Waals surface area contributed by atoms with Crippen molar-refractivity contribution in [3.8, 4) is 0 Å².